The average Bonchev–Trinajstić information content (AvgIpc) is 3.04. The van der Waals surface area contributed by atoms with Crippen molar-refractivity contribution < 1.29 is 64.6 Å². The van der Waals surface area contributed by atoms with Crippen LogP contribution >= 0.6 is 0 Å². The number of allylic oxidation sites excluding steroid dienone is 3. The molecular formula is C32H57NO13. The van der Waals surface area contributed by atoms with E-state index in [0.29, 0.717) is 6.42 Å². The Morgan fingerprint density at radius 1 is 0.761 bits per heavy atom. The first-order chi connectivity index (χ1) is 22.0. The van der Waals surface area contributed by atoms with E-state index in [-0.39, 0.29) is 6.61 Å². The molecule has 14 nitrogen and oxygen atoms in total. The number of ether oxygens (including phenoxy) is 4. The number of hydrogen-bond acceptors (Lipinski definition) is 13. The molecule has 2 fully saturated rings. The summed E-state index contributed by atoms with van der Waals surface area (Å²) in [5, 5.41) is 84.4. The molecule has 46 heavy (non-hydrogen) atoms. The predicted molar refractivity (Wildman–Crippen MR) is 166 cm³/mol. The van der Waals surface area contributed by atoms with Gasteiger partial charge in [0.1, 0.15) is 48.8 Å². The maximum Gasteiger partial charge on any atom is 0.217 e. The number of rotatable bonds is 21. The number of unbranched alkanes of at least 4 members (excludes halogenated alkanes) is 8. The minimum absolute atomic E-state index is 0.325. The highest BCUT2D eigenvalue weighted by molar-refractivity contribution is 5.73. The van der Waals surface area contributed by atoms with Crippen molar-refractivity contribution in [1.82, 2.24) is 5.32 Å². The highest BCUT2D eigenvalue weighted by atomic mass is 16.7. The SMILES string of the molecule is CCCCCCCCC/C=C/CC/C=C/C(O)C(COC1OC(CO)C(OC2OC(CO)C(O)C(O)C2O)C(O)C1O)NC(C)=O. The first kappa shape index (κ1) is 40.6. The number of aliphatic hydroxyl groups excluding tert-OH is 8. The smallest absolute Gasteiger partial charge is 0.217 e. The second-order valence-electron chi connectivity index (χ2n) is 12.0. The first-order valence-electron chi connectivity index (χ1n) is 16.5. The number of carbonyl (C=O) groups excluding carboxylic acids is 1. The zero-order valence-electron chi connectivity index (χ0n) is 27.0. The van der Waals surface area contributed by atoms with Gasteiger partial charge >= 0.3 is 0 Å². The molecule has 12 unspecified atom stereocenters. The van der Waals surface area contributed by atoms with Gasteiger partial charge in [-0.1, -0.05) is 69.8 Å². The molecule has 9 N–H and O–H groups in total. The van der Waals surface area contributed by atoms with Crippen molar-refractivity contribution in [2.75, 3.05) is 19.8 Å². The average molecular weight is 664 g/mol. The highest BCUT2D eigenvalue weighted by Crippen LogP contribution is 2.29. The first-order valence-corrected chi connectivity index (χ1v) is 16.5. The van der Waals surface area contributed by atoms with E-state index in [1.165, 1.54) is 51.9 Å². The van der Waals surface area contributed by atoms with E-state index in [1.807, 2.05) is 0 Å². The third-order valence-electron chi connectivity index (χ3n) is 8.18. The molecule has 0 radical (unpaired) electrons. The van der Waals surface area contributed by atoms with Gasteiger partial charge in [-0.15, -0.1) is 0 Å². The van der Waals surface area contributed by atoms with Crippen molar-refractivity contribution in [3.8, 4) is 0 Å². The van der Waals surface area contributed by atoms with Gasteiger partial charge in [0.15, 0.2) is 12.6 Å². The fraction of sp³-hybridized carbons (Fsp3) is 0.844. The molecule has 2 heterocycles. The van der Waals surface area contributed by atoms with Crippen LogP contribution in [0.15, 0.2) is 24.3 Å². The lowest BCUT2D eigenvalue weighted by Gasteiger charge is -2.46. The molecule has 1 amide bonds. The summed E-state index contributed by atoms with van der Waals surface area (Å²) in [6, 6.07) is -0.926. The zero-order chi connectivity index (χ0) is 34.1. The molecule has 2 saturated heterocycles. The van der Waals surface area contributed by atoms with Gasteiger partial charge in [-0.25, -0.2) is 0 Å². The number of nitrogens with one attached hydrogen (secondary N) is 1. The third-order valence-corrected chi connectivity index (χ3v) is 8.18. The van der Waals surface area contributed by atoms with Gasteiger partial charge in [-0.05, 0) is 25.7 Å². The van der Waals surface area contributed by atoms with Crippen LogP contribution in [0, 0.1) is 0 Å². The lowest BCUT2D eigenvalue weighted by molar-refractivity contribution is -0.359. The Labute approximate surface area is 271 Å². The van der Waals surface area contributed by atoms with Gasteiger partial charge < -0.3 is 65.1 Å². The summed E-state index contributed by atoms with van der Waals surface area (Å²) in [5.74, 6) is -0.430. The number of hydrogen-bond donors (Lipinski definition) is 9. The van der Waals surface area contributed by atoms with E-state index in [0.717, 1.165) is 12.8 Å². The van der Waals surface area contributed by atoms with Gasteiger partial charge in [0, 0.05) is 6.92 Å². The van der Waals surface area contributed by atoms with Gasteiger partial charge in [0.05, 0.1) is 32.0 Å². The Morgan fingerprint density at radius 3 is 2.00 bits per heavy atom. The van der Waals surface area contributed by atoms with Crippen LogP contribution in [-0.2, 0) is 23.7 Å². The van der Waals surface area contributed by atoms with E-state index >= 15 is 0 Å². The van der Waals surface area contributed by atoms with E-state index in [2.05, 4.69) is 24.4 Å². The second-order valence-corrected chi connectivity index (χ2v) is 12.0. The predicted octanol–water partition coefficient (Wildman–Crippen LogP) is -0.474. The summed E-state index contributed by atoms with van der Waals surface area (Å²) < 4.78 is 22.1. The molecule has 0 aliphatic carbocycles. The van der Waals surface area contributed by atoms with Crippen molar-refractivity contribution in [3.63, 3.8) is 0 Å². The van der Waals surface area contributed by atoms with E-state index in [1.54, 1.807) is 12.2 Å². The Morgan fingerprint density at radius 2 is 1.35 bits per heavy atom. The maximum atomic E-state index is 11.8. The van der Waals surface area contributed by atoms with Crippen LogP contribution in [0.4, 0.5) is 0 Å². The summed E-state index contributed by atoms with van der Waals surface area (Å²) in [6.45, 7) is 1.74. The van der Waals surface area contributed by atoms with Crippen molar-refractivity contribution >= 4 is 5.91 Å². The van der Waals surface area contributed by atoms with Crippen LogP contribution in [0.2, 0.25) is 0 Å². The van der Waals surface area contributed by atoms with Crippen LogP contribution in [0.1, 0.15) is 78.1 Å². The maximum absolute atomic E-state index is 11.8. The molecule has 0 aromatic rings. The van der Waals surface area contributed by atoms with Crippen molar-refractivity contribution in [1.29, 1.82) is 0 Å². The minimum atomic E-state index is -1.78. The molecule has 0 saturated carbocycles. The Bertz CT molecular complexity index is 888. The highest BCUT2D eigenvalue weighted by Gasteiger charge is 2.50. The number of aliphatic hydroxyl groups is 8. The Kier molecular flexibility index (Phi) is 19.6. The summed E-state index contributed by atoms with van der Waals surface area (Å²) >= 11 is 0. The standard InChI is InChI=1S/C32H57NO13/c1-3-4-5-6-7-8-9-10-11-12-13-14-15-16-22(37)21(33-20(2)36)19-43-31-29(42)27(40)30(24(18-35)45-31)46-32-28(41)26(39)25(38)23(17-34)44-32/h11-12,15-16,21-32,34-35,37-42H,3-10,13-14,17-19H2,1-2H3,(H,33,36)/b12-11+,16-15+. The van der Waals surface area contributed by atoms with E-state index < -0.39 is 92.7 Å². The molecular weight excluding hydrogens is 606 g/mol. The monoisotopic (exact) mass is 663 g/mol. The third kappa shape index (κ3) is 13.2. The molecule has 0 aromatic heterocycles. The number of amides is 1. The minimum Gasteiger partial charge on any atom is -0.394 e. The lowest BCUT2D eigenvalue weighted by Crippen LogP contribution is -2.65. The number of carbonyl (C=O) groups is 1. The van der Waals surface area contributed by atoms with Crippen LogP contribution in [-0.4, -0.2) is 140 Å². The van der Waals surface area contributed by atoms with E-state index in [4.69, 9.17) is 18.9 Å². The summed E-state index contributed by atoms with van der Waals surface area (Å²) in [4.78, 5) is 11.8. The zero-order valence-corrected chi connectivity index (χ0v) is 27.0. The van der Waals surface area contributed by atoms with Crippen molar-refractivity contribution in [2.24, 2.45) is 0 Å². The van der Waals surface area contributed by atoms with Crippen LogP contribution in [0.3, 0.4) is 0 Å². The topological polar surface area (TPSA) is 228 Å². The van der Waals surface area contributed by atoms with Gasteiger partial charge in [0.25, 0.3) is 0 Å². The molecule has 2 aliphatic rings. The van der Waals surface area contributed by atoms with Gasteiger partial charge in [-0.2, -0.15) is 0 Å². The molecule has 0 bridgehead atoms. The summed E-state index contributed by atoms with van der Waals surface area (Å²) in [7, 11) is 0. The van der Waals surface area contributed by atoms with Crippen LogP contribution < -0.4 is 5.32 Å². The molecule has 12 atom stereocenters. The summed E-state index contributed by atoms with van der Waals surface area (Å²) in [6.07, 6.45) is 2.05. The van der Waals surface area contributed by atoms with Gasteiger partial charge in [-0.3, -0.25) is 4.79 Å². The normalized spacial score (nSPS) is 33.4. The Balaban J connectivity index is 1.85. The molecule has 0 spiro atoms. The van der Waals surface area contributed by atoms with Crippen LogP contribution in [0.5, 0.6) is 0 Å². The quantitative estimate of drug-likeness (QED) is 0.0560. The molecule has 14 heteroatoms. The van der Waals surface area contributed by atoms with Gasteiger partial charge in [0.2, 0.25) is 5.91 Å². The van der Waals surface area contributed by atoms with Crippen LogP contribution in [0.25, 0.3) is 0 Å². The molecule has 0 aromatic carbocycles. The Hall–Kier alpha value is -1.53. The largest absolute Gasteiger partial charge is 0.394 e. The molecule has 2 aliphatic heterocycles. The fourth-order valence-corrected chi connectivity index (χ4v) is 5.40. The fourth-order valence-electron chi connectivity index (χ4n) is 5.40. The van der Waals surface area contributed by atoms with Crippen molar-refractivity contribution in [3.05, 3.63) is 24.3 Å². The van der Waals surface area contributed by atoms with Crippen molar-refractivity contribution in [2.45, 2.75) is 152 Å². The molecule has 2 rings (SSSR count). The molecule has 268 valence electrons. The van der Waals surface area contributed by atoms with E-state index in [9.17, 15) is 45.6 Å². The summed E-state index contributed by atoms with van der Waals surface area (Å²) in [5.41, 5.74) is 0. The second kappa shape index (κ2) is 22.2. The lowest BCUT2D eigenvalue weighted by atomic mass is 9.97.